The van der Waals surface area contributed by atoms with Crippen molar-refractivity contribution in [3.05, 3.63) is 40.1 Å². The van der Waals surface area contributed by atoms with Crippen molar-refractivity contribution in [1.82, 2.24) is 0 Å². The van der Waals surface area contributed by atoms with Crippen molar-refractivity contribution in [3.8, 4) is 40.1 Å². The smallest absolute Gasteiger partial charge is 0.239 e. The molecule has 1 aromatic heterocycles. The Morgan fingerprint density at radius 1 is 0.862 bits per heavy atom. The first kappa shape index (κ1) is 20.9. The molecule has 3 rings (SSSR count). The third-order valence-electron chi connectivity index (χ3n) is 4.41. The number of alkyl halides is 1. The monoisotopic (exact) mass is 464 g/mol. The van der Waals surface area contributed by atoms with Crippen molar-refractivity contribution in [2.45, 2.75) is 6.92 Å². The van der Waals surface area contributed by atoms with Crippen LogP contribution in [0.2, 0.25) is 0 Å². The van der Waals surface area contributed by atoms with Gasteiger partial charge in [0.1, 0.15) is 22.2 Å². The Labute approximate surface area is 176 Å². The number of benzene rings is 2. The number of hydrogen-bond acceptors (Lipinski definition) is 7. The molecule has 0 amide bonds. The van der Waals surface area contributed by atoms with Gasteiger partial charge in [0.2, 0.25) is 16.9 Å². The topological polar surface area (TPSA) is 76.4 Å². The lowest BCUT2D eigenvalue weighted by Gasteiger charge is -2.16. The van der Waals surface area contributed by atoms with Crippen LogP contribution in [0.1, 0.15) is 5.56 Å². The predicted octanol–water partition coefficient (Wildman–Crippen LogP) is 4.53. The average molecular weight is 465 g/mol. The largest absolute Gasteiger partial charge is 0.496 e. The molecule has 29 heavy (non-hydrogen) atoms. The minimum atomic E-state index is -0.341. The normalized spacial score (nSPS) is 10.7. The van der Waals surface area contributed by atoms with Crippen LogP contribution in [0.4, 0.5) is 0 Å². The van der Waals surface area contributed by atoms with E-state index in [0.717, 1.165) is 5.56 Å². The lowest BCUT2D eigenvalue weighted by Crippen LogP contribution is -2.10. The van der Waals surface area contributed by atoms with Gasteiger partial charge in [0.25, 0.3) is 0 Å². The molecule has 0 radical (unpaired) electrons. The maximum atomic E-state index is 13.3. The van der Waals surface area contributed by atoms with Gasteiger partial charge in [0, 0.05) is 5.56 Å². The summed E-state index contributed by atoms with van der Waals surface area (Å²) in [5, 5.41) is 0.310. The molecule has 1 heterocycles. The summed E-state index contributed by atoms with van der Waals surface area (Å²) in [7, 11) is 6.06. The summed E-state index contributed by atoms with van der Waals surface area (Å²) in [4.78, 5) is 13.3. The van der Waals surface area contributed by atoms with E-state index in [4.69, 9.17) is 28.1 Å². The maximum absolute atomic E-state index is 13.3. The van der Waals surface area contributed by atoms with Gasteiger partial charge in [-0.1, -0.05) is 0 Å². The Morgan fingerprint density at radius 2 is 1.48 bits per heavy atom. The molecule has 3 aromatic rings. The van der Waals surface area contributed by atoms with Crippen LogP contribution in [0.15, 0.2) is 33.5 Å². The Hall–Kier alpha value is -2.87. The lowest BCUT2D eigenvalue weighted by atomic mass is 10.1. The molecular weight excluding hydrogens is 444 g/mol. The van der Waals surface area contributed by atoms with Gasteiger partial charge in [-0.25, -0.2) is 0 Å². The van der Waals surface area contributed by atoms with Crippen LogP contribution in [-0.4, -0.2) is 34.0 Å². The Bertz CT molecular complexity index is 1080. The Morgan fingerprint density at radius 3 is 2.00 bits per heavy atom. The van der Waals surface area contributed by atoms with Crippen molar-refractivity contribution >= 4 is 26.9 Å². The fourth-order valence-corrected chi connectivity index (χ4v) is 3.38. The highest BCUT2D eigenvalue weighted by atomic mass is 79.9. The molecule has 0 aliphatic carbocycles. The number of rotatable bonds is 7. The second-order valence-corrected chi connectivity index (χ2v) is 6.56. The van der Waals surface area contributed by atoms with Gasteiger partial charge in [-0.15, -0.1) is 0 Å². The standard InChI is InChI=1S/C21H21BrO7/c1-11-6-13(24-2)17-14(7-11)29-19(21(18(17)23)28-10-22)12-8-15(25-3)20(27-5)16(9-12)26-4/h6-9H,10H2,1-5H3. The van der Waals surface area contributed by atoms with Crippen LogP contribution >= 0.6 is 15.9 Å². The first-order valence-electron chi connectivity index (χ1n) is 8.63. The van der Waals surface area contributed by atoms with E-state index < -0.39 is 0 Å². The average Bonchev–Trinajstić information content (AvgIpc) is 2.73. The van der Waals surface area contributed by atoms with Crippen molar-refractivity contribution < 1.29 is 28.1 Å². The Balaban J connectivity index is 2.40. The van der Waals surface area contributed by atoms with E-state index in [2.05, 4.69) is 15.9 Å². The van der Waals surface area contributed by atoms with E-state index in [0.29, 0.717) is 39.5 Å². The maximum Gasteiger partial charge on any atom is 0.239 e. The molecular formula is C21H21BrO7. The molecule has 154 valence electrons. The zero-order valence-electron chi connectivity index (χ0n) is 16.8. The molecule has 0 aliphatic heterocycles. The minimum absolute atomic E-state index is 0.0470. The molecule has 0 aliphatic rings. The SMILES string of the molecule is COc1cc(-c2oc3cc(C)cc(OC)c3c(=O)c2OCBr)cc(OC)c1OC. The van der Waals surface area contributed by atoms with Crippen LogP contribution in [-0.2, 0) is 0 Å². The van der Waals surface area contributed by atoms with E-state index in [1.54, 1.807) is 24.3 Å². The highest BCUT2D eigenvalue weighted by Crippen LogP contribution is 2.43. The van der Waals surface area contributed by atoms with Gasteiger partial charge >= 0.3 is 0 Å². The molecule has 7 nitrogen and oxygen atoms in total. The summed E-state index contributed by atoms with van der Waals surface area (Å²) in [6, 6.07) is 6.94. The third-order valence-corrected chi connectivity index (χ3v) is 4.64. The molecule has 0 spiro atoms. The van der Waals surface area contributed by atoms with Crippen LogP contribution < -0.4 is 29.1 Å². The zero-order valence-corrected chi connectivity index (χ0v) is 18.3. The van der Waals surface area contributed by atoms with Gasteiger partial charge in [0.15, 0.2) is 17.3 Å². The fourth-order valence-electron chi connectivity index (χ4n) is 3.15. The number of methoxy groups -OCH3 is 4. The number of halogens is 1. The zero-order chi connectivity index (χ0) is 21.1. The molecule has 2 aromatic carbocycles. The summed E-state index contributed by atoms with van der Waals surface area (Å²) in [5.74, 6) is 2.00. The van der Waals surface area contributed by atoms with Crippen LogP contribution in [0.25, 0.3) is 22.3 Å². The molecule has 0 saturated heterocycles. The quantitative estimate of drug-likeness (QED) is 0.475. The highest BCUT2D eigenvalue weighted by Gasteiger charge is 2.23. The van der Waals surface area contributed by atoms with Crippen LogP contribution in [0, 0.1) is 6.92 Å². The minimum Gasteiger partial charge on any atom is -0.496 e. The van der Waals surface area contributed by atoms with Gasteiger partial charge < -0.3 is 28.1 Å². The molecule has 8 heteroatoms. The van der Waals surface area contributed by atoms with Crippen molar-refractivity contribution in [2.24, 2.45) is 0 Å². The fraction of sp³-hybridized carbons (Fsp3) is 0.286. The predicted molar refractivity (Wildman–Crippen MR) is 113 cm³/mol. The molecule has 0 fully saturated rings. The van der Waals surface area contributed by atoms with Crippen LogP contribution in [0.5, 0.6) is 28.7 Å². The summed E-state index contributed by atoms with van der Waals surface area (Å²) < 4.78 is 33.3. The van der Waals surface area contributed by atoms with E-state index >= 15 is 0 Å². The van der Waals surface area contributed by atoms with Gasteiger partial charge in [0.05, 0.1) is 28.4 Å². The number of hydrogen-bond donors (Lipinski definition) is 0. The van der Waals surface area contributed by atoms with Crippen molar-refractivity contribution in [3.63, 3.8) is 0 Å². The third kappa shape index (κ3) is 3.72. The van der Waals surface area contributed by atoms with E-state index in [1.165, 1.54) is 28.4 Å². The van der Waals surface area contributed by atoms with Gasteiger partial charge in [-0.3, -0.25) is 4.79 Å². The first-order chi connectivity index (χ1) is 14.0. The number of fused-ring (bicyclic) bond motifs is 1. The molecule has 0 bridgehead atoms. The second kappa shape index (κ2) is 8.65. The molecule has 0 N–H and O–H groups in total. The first-order valence-corrected chi connectivity index (χ1v) is 9.75. The van der Waals surface area contributed by atoms with E-state index in [-0.39, 0.29) is 22.5 Å². The van der Waals surface area contributed by atoms with E-state index in [1.807, 2.05) is 6.92 Å². The molecule has 0 unspecified atom stereocenters. The van der Waals surface area contributed by atoms with Crippen molar-refractivity contribution in [1.29, 1.82) is 0 Å². The Kier molecular flexibility index (Phi) is 6.22. The lowest BCUT2D eigenvalue weighted by molar-refractivity contribution is 0.324. The summed E-state index contributed by atoms with van der Waals surface area (Å²) in [5.41, 5.74) is 1.58. The van der Waals surface area contributed by atoms with Gasteiger partial charge in [-0.05, 0) is 52.7 Å². The summed E-state index contributed by atoms with van der Waals surface area (Å²) in [6.07, 6.45) is 0. The van der Waals surface area contributed by atoms with Crippen molar-refractivity contribution in [2.75, 3.05) is 34.0 Å². The number of aryl methyl sites for hydroxylation is 1. The summed E-state index contributed by atoms with van der Waals surface area (Å²) in [6.45, 7) is 1.89. The second-order valence-electron chi connectivity index (χ2n) is 6.10. The molecule has 0 saturated carbocycles. The van der Waals surface area contributed by atoms with Gasteiger partial charge in [-0.2, -0.15) is 0 Å². The molecule has 0 atom stereocenters. The summed E-state index contributed by atoms with van der Waals surface area (Å²) >= 11 is 3.21. The van der Waals surface area contributed by atoms with E-state index in [9.17, 15) is 4.79 Å². The van der Waals surface area contributed by atoms with Crippen LogP contribution in [0.3, 0.4) is 0 Å². The number of ether oxygens (including phenoxy) is 5. The highest BCUT2D eigenvalue weighted by molar-refractivity contribution is 9.09.